The van der Waals surface area contributed by atoms with E-state index in [9.17, 15) is 5.11 Å². The van der Waals surface area contributed by atoms with E-state index in [0.29, 0.717) is 11.7 Å². The van der Waals surface area contributed by atoms with Crippen LogP contribution in [0.1, 0.15) is 65.4 Å². The van der Waals surface area contributed by atoms with E-state index in [2.05, 4.69) is 27.7 Å². The van der Waals surface area contributed by atoms with Crippen LogP contribution < -0.4 is 5.46 Å². The van der Waals surface area contributed by atoms with E-state index < -0.39 is 7.12 Å². The standard InChI is InChI=1S/C19H29BO3/c1-18(2)19(3,4)23-20(22-18)16-11-8-12-17(21)15(16)13-14-9-6-5-7-10-14/h8,11-12,14,21H,5-7,9-10,13H2,1-4H3. The summed E-state index contributed by atoms with van der Waals surface area (Å²) < 4.78 is 12.4. The zero-order valence-corrected chi connectivity index (χ0v) is 14.9. The van der Waals surface area contributed by atoms with Crippen LogP contribution in [0.3, 0.4) is 0 Å². The molecule has 1 heterocycles. The van der Waals surface area contributed by atoms with E-state index in [0.717, 1.165) is 17.4 Å². The van der Waals surface area contributed by atoms with Gasteiger partial charge in [-0.3, -0.25) is 0 Å². The second kappa shape index (κ2) is 6.14. The third-order valence-electron chi connectivity index (χ3n) is 5.91. The largest absolute Gasteiger partial charge is 0.508 e. The van der Waals surface area contributed by atoms with Gasteiger partial charge in [-0.05, 0) is 57.1 Å². The van der Waals surface area contributed by atoms with Gasteiger partial charge in [0, 0.05) is 0 Å². The Bertz CT molecular complexity index is 546. The fraction of sp³-hybridized carbons (Fsp3) is 0.684. The van der Waals surface area contributed by atoms with Crippen LogP contribution in [0.25, 0.3) is 0 Å². The normalized spacial score (nSPS) is 24.1. The molecule has 3 nitrogen and oxygen atoms in total. The SMILES string of the molecule is CC1(C)OB(c2cccc(O)c2CC2CCCCC2)OC1(C)C. The molecule has 23 heavy (non-hydrogen) atoms. The number of hydrogen-bond acceptors (Lipinski definition) is 3. The Labute approximate surface area is 140 Å². The molecule has 2 fully saturated rings. The summed E-state index contributed by atoms with van der Waals surface area (Å²) in [4.78, 5) is 0. The highest BCUT2D eigenvalue weighted by Gasteiger charge is 2.52. The van der Waals surface area contributed by atoms with Gasteiger partial charge >= 0.3 is 7.12 Å². The summed E-state index contributed by atoms with van der Waals surface area (Å²) >= 11 is 0. The second-order valence-corrected chi connectivity index (χ2v) is 8.14. The average molecular weight is 316 g/mol. The van der Waals surface area contributed by atoms with Crippen LogP contribution >= 0.6 is 0 Å². The fourth-order valence-electron chi connectivity index (χ4n) is 3.69. The Hall–Kier alpha value is -0.995. The van der Waals surface area contributed by atoms with Crippen molar-refractivity contribution in [3.8, 4) is 5.75 Å². The minimum atomic E-state index is -0.398. The van der Waals surface area contributed by atoms with Crippen LogP contribution in [-0.4, -0.2) is 23.4 Å². The van der Waals surface area contributed by atoms with Crippen LogP contribution in [0.15, 0.2) is 18.2 Å². The molecule has 0 unspecified atom stereocenters. The highest BCUT2D eigenvalue weighted by Crippen LogP contribution is 2.37. The average Bonchev–Trinajstić information content (AvgIpc) is 2.70. The molecular weight excluding hydrogens is 287 g/mol. The first-order chi connectivity index (χ1) is 10.8. The third kappa shape index (κ3) is 3.29. The van der Waals surface area contributed by atoms with E-state index in [1.807, 2.05) is 12.1 Å². The molecule has 2 aliphatic rings. The summed E-state index contributed by atoms with van der Waals surface area (Å²) in [5.74, 6) is 1.04. The lowest BCUT2D eigenvalue weighted by Gasteiger charge is -2.32. The van der Waals surface area contributed by atoms with E-state index >= 15 is 0 Å². The van der Waals surface area contributed by atoms with Gasteiger partial charge in [0.25, 0.3) is 0 Å². The first kappa shape index (κ1) is 16.8. The van der Waals surface area contributed by atoms with Gasteiger partial charge in [0.2, 0.25) is 0 Å². The third-order valence-corrected chi connectivity index (χ3v) is 5.91. The van der Waals surface area contributed by atoms with Crippen molar-refractivity contribution < 1.29 is 14.4 Å². The molecule has 1 aliphatic heterocycles. The minimum Gasteiger partial charge on any atom is -0.508 e. The lowest BCUT2D eigenvalue weighted by Crippen LogP contribution is -2.41. The number of phenolic OH excluding ortho intramolecular Hbond substituents is 1. The zero-order chi connectivity index (χ0) is 16.7. The summed E-state index contributed by atoms with van der Waals surface area (Å²) in [6.45, 7) is 8.26. The van der Waals surface area contributed by atoms with Gasteiger partial charge in [0.05, 0.1) is 11.2 Å². The molecule has 0 amide bonds. The van der Waals surface area contributed by atoms with Crippen molar-refractivity contribution in [1.29, 1.82) is 0 Å². The van der Waals surface area contributed by atoms with Gasteiger partial charge in [-0.1, -0.05) is 44.2 Å². The number of rotatable bonds is 3. The van der Waals surface area contributed by atoms with Crippen molar-refractivity contribution >= 4 is 12.6 Å². The maximum absolute atomic E-state index is 10.4. The number of benzene rings is 1. The molecule has 1 N–H and O–H groups in total. The van der Waals surface area contributed by atoms with Crippen molar-refractivity contribution in [3.63, 3.8) is 0 Å². The molecule has 1 aliphatic carbocycles. The monoisotopic (exact) mass is 316 g/mol. The van der Waals surface area contributed by atoms with E-state index in [4.69, 9.17) is 9.31 Å². The van der Waals surface area contributed by atoms with Crippen LogP contribution in [0, 0.1) is 5.92 Å². The lowest BCUT2D eigenvalue weighted by molar-refractivity contribution is 0.00578. The van der Waals surface area contributed by atoms with Crippen molar-refractivity contribution in [2.75, 3.05) is 0 Å². The summed E-state index contributed by atoms with van der Waals surface area (Å²) in [5.41, 5.74) is 1.29. The van der Waals surface area contributed by atoms with Crippen LogP contribution in [0.4, 0.5) is 0 Å². The molecule has 0 atom stereocenters. The van der Waals surface area contributed by atoms with Crippen LogP contribution in [0.5, 0.6) is 5.75 Å². The van der Waals surface area contributed by atoms with Crippen LogP contribution in [0.2, 0.25) is 0 Å². The predicted molar refractivity (Wildman–Crippen MR) is 94.1 cm³/mol. The van der Waals surface area contributed by atoms with Crippen molar-refractivity contribution in [2.24, 2.45) is 5.92 Å². The molecule has 4 heteroatoms. The van der Waals surface area contributed by atoms with E-state index in [1.165, 1.54) is 32.1 Å². The number of phenols is 1. The molecule has 1 saturated heterocycles. The molecule has 126 valence electrons. The van der Waals surface area contributed by atoms with Crippen molar-refractivity contribution in [3.05, 3.63) is 23.8 Å². The number of hydrogen-bond donors (Lipinski definition) is 1. The maximum atomic E-state index is 10.4. The topological polar surface area (TPSA) is 38.7 Å². The maximum Gasteiger partial charge on any atom is 0.495 e. The zero-order valence-electron chi connectivity index (χ0n) is 14.9. The van der Waals surface area contributed by atoms with Gasteiger partial charge in [-0.15, -0.1) is 0 Å². The summed E-state index contributed by atoms with van der Waals surface area (Å²) in [6, 6.07) is 5.72. The molecular formula is C19H29BO3. The Balaban J connectivity index is 1.86. The van der Waals surface area contributed by atoms with Gasteiger partial charge in [0.1, 0.15) is 5.75 Å². The Morgan fingerprint density at radius 2 is 1.65 bits per heavy atom. The highest BCUT2D eigenvalue weighted by atomic mass is 16.7. The van der Waals surface area contributed by atoms with Crippen LogP contribution in [-0.2, 0) is 15.7 Å². The van der Waals surface area contributed by atoms with E-state index in [1.54, 1.807) is 6.07 Å². The number of aromatic hydroxyl groups is 1. The summed E-state index contributed by atoms with van der Waals surface area (Å²) in [5, 5.41) is 10.4. The predicted octanol–water partition coefficient (Wildman–Crippen LogP) is 3.81. The second-order valence-electron chi connectivity index (χ2n) is 8.14. The van der Waals surface area contributed by atoms with Gasteiger partial charge in [-0.25, -0.2) is 0 Å². The van der Waals surface area contributed by atoms with E-state index in [-0.39, 0.29) is 11.2 Å². The first-order valence-corrected chi connectivity index (χ1v) is 8.96. The summed E-state index contributed by atoms with van der Waals surface area (Å²) in [6.07, 6.45) is 7.41. The Kier molecular flexibility index (Phi) is 4.50. The molecule has 0 aromatic heterocycles. The molecule has 1 saturated carbocycles. The summed E-state index contributed by atoms with van der Waals surface area (Å²) in [7, 11) is -0.398. The molecule has 1 aromatic carbocycles. The van der Waals surface area contributed by atoms with Gasteiger partial charge in [-0.2, -0.15) is 0 Å². The quantitative estimate of drug-likeness (QED) is 0.862. The lowest BCUT2D eigenvalue weighted by atomic mass is 9.72. The molecule has 0 spiro atoms. The van der Waals surface area contributed by atoms with Gasteiger partial charge in [0.15, 0.2) is 0 Å². The van der Waals surface area contributed by atoms with Crippen molar-refractivity contribution in [2.45, 2.75) is 77.4 Å². The molecule has 1 aromatic rings. The first-order valence-electron chi connectivity index (χ1n) is 8.96. The molecule has 0 bridgehead atoms. The van der Waals surface area contributed by atoms with Crippen molar-refractivity contribution in [1.82, 2.24) is 0 Å². The smallest absolute Gasteiger partial charge is 0.495 e. The molecule has 0 radical (unpaired) electrons. The van der Waals surface area contributed by atoms with Gasteiger partial charge < -0.3 is 14.4 Å². The fourth-order valence-corrected chi connectivity index (χ4v) is 3.69. The minimum absolute atomic E-state index is 0.356. The Morgan fingerprint density at radius 3 is 2.26 bits per heavy atom. The molecule has 3 rings (SSSR count). The highest BCUT2D eigenvalue weighted by molar-refractivity contribution is 6.62. The Morgan fingerprint density at radius 1 is 1.04 bits per heavy atom.